The second-order valence-electron chi connectivity index (χ2n) is 5.20. The molecule has 2 rings (SSSR count). The zero-order valence-corrected chi connectivity index (χ0v) is 11.1. The number of nitrogens with one attached hydrogen (secondary N) is 1. The summed E-state index contributed by atoms with van der Waals surface area (Å²) in [5.41, 5.74) is 4.30. The van der Waals surface area contributed by atoms with Crippen LogP contribution in [0.4, 0.5) is 0 Å². The Morgan fingerprint density at radius 3 is 2.67 bits per heavy atom. The van der Waals surface area contributed by atoms with Crippen LogP contribution >= 0.6 is 0 Å². The first-order valence-corrected chi connectivity index (χ1v) is 6.93. The highest BCUT2D eigenvalue weighted by atomic mass is 16.5. The largest absolute Gasteiger partial charge is 0.378 e. The fourth-order valence-electron chi connectivity index (χ4n) is 2.75. The smallest absolute Gasteiger partial charge is 0.0580 e. The highest BCUT2D eigenvalue weighted by Gasteiger charge is 2.31. The topological polar surface area (TPSA) is 47.3 Å². The van der Waals surface area contributed by atoms with Gasteiger partial charge < -0.3 is 4.74 Å². The Morgan fingerprint density at radius 1 is 1.33 bits per heavy atom. The van der Waals surface area contributed by atoms with Gasteiger partial charge in [0.1, 0.15) is 0 Å². The predicted molar refractivity (Wildman–Crippen MR) is 74.0 cm³/mol. The lowest BCUT2D eigenvalue weighted by atomic mass is 9.77. The molecule has 0 aromatic heterocycles. The molecule has 0 amide bonds. The Morgan fingerprint density at radius 2 is 2.06 bits per heavy atom. The summed E-state index contributed by atoms with van der Waals surface area (Å²) < 4.78 is 5.59. The molecule has 0 saturated heterocycles. The van der Waals surface area contributed by atoms with Gasteiger partial charge in [-0.2, -0.15) is 0 Å². The summed E-state index contributed by atoms with van der Waals surface area (Å²) in [5, 5.41) is 0. The Hall–Kier alpha value is -0.900. The first-order chi connectivity index (χ1) is 8.81. The van der Waals surface area contributed by atoms with Gasteiger partial charge in [0, 0.05) is 12.6 Å². The minimum absolute atomic E-state index is 0.375. The van der Waals surface area contributed by atoms with Crippen LogP contribution in [0, 0.1) is 5.92 Å². The number of ether oxygens (including phenoxy) is 1. The van der Waals surface area contributed by atoms with Crippen LogP contribution in [0.2, 0.25) is 0 Å². The summed E-state index contributed by atoms with van der Waals surface area (Å²) in [7, 11) is 0. The molecule has 3 heteroatoms. The van der Waals surface area contributed by atoms with Crippen LogP contribution in [0.5, 0.6) is 0 Å². The molecule has 1 saturated carbocycles. The molecule has 1 aromatic carbocycles. The molecular weight excluding hydrogens is 224 g/mol. The van der Waals surface area contributed by atoms with Crippen LogP contribution in [0.25, 0.3) is 0 Å². The van der Waals surface area contributed by atoms with Gasteiger partial charge in [0.05, 0.1) is 6.10 Å². The van der Waals surface area contributed by atoms with Crippen molar-refractivity contribution in [1.82, 2.24) is 5.43 Å². The molecule has 0 aliphatic heterocycles. The molecule has 3 N–H and O–H groups in total. The lowest BCUT2D eigenvalue weighted by molar-refractivity contribution is -0.0290. The predicted octanol–water partition coefficient (Wildman–Crippen LogP) is 2.27. The minimum atomic E-state index is 0.375. The SMILES string of the molecule is CCOC1CC(CC(Cc2ccccc2)NN)C1. The second-order valence-corrected chi connectivity index (χ2v) is 5.20. The molecule has 0 radical (unpaired) electrons. The van der Waals surface area contributed by atoms with Gasteiger partial charge in [-0.3, -0.25) is 11.3 Å². The van der Waals surface area contributed by atoms with Crippen LogP contribution in [0.1, 0.15) is 31.7 Å². The Balaban J connectivity index is 1.74. The number of benzene rings is 1. The average molecular weight is 248 g/mol. The molecule has 3 nitrogen and oxygen atoms in total. The van der Waals surface area contributed by atoms with E-state index < -0.39 is 0 Å². The fourth-order valence-corrected chi connectivity index (χ4v) is 2.75. The molecular formula is C15H24N2O. The van der Waals surface area contributed by atoms with Gasteiger partial charge >= 0.3 is 0 Å². The van der Waals surface area contributed by atoms with Crippen molar-refractivity contribution in [2.45, 2.75) is 44.8 Å². The molecule has 18 heavy (non-hydrogen) atoms. The van der Waals surface area contributed by atoms with Crippen molar-refractivity contribution >= 4 is 0 Å². The zero-order valence-electron chi connectivity index (χ0n) is 11.1. The first-order valence-electron chi connectivity index (χ1n) is 6.93. The highest BCUT2D eigenvalue weighted by molar-refractivity contribution is 5.15. The number of hydrogen-bond acceptors (Lipinski definition) is 3. The van der Waals surface area contributed by atoms with Gasteiger partial charge in [0.25, 0.3) is 0 Å². The average Bonchev–Trinajstić information content (AvgIpc) is 2.36. The van der Waals surface area contributed by atoms with Crippen LogP contribution < -0.4 is 11.3 Å². The van der Waals surface area contributed by atoms with Crippen LogP contribution in [0.3, 0.4) is 0 Å². The van der Waals surface area contributed by atoms with Crippen LogP contribution in [-0.4, -0.2) is 18.8 Å². The highest BCUT2D eigenvalue weighted by Crippen LogP contribution is 2.33. The fraction of sp³-hybridized carbons (Fsp3) is 0.600. The standard InChI is InChI=1S/C15H24N2O/c1-2-18-15-10-13(11-15)9-14(17-16)8-12-6-4-3-5-7-12/h3-7,13-15,17H,2,8-11,16H2,1H3. The third kappa shape index (κ3) is 3.80. The number of hydrazine groups is 1. The van der Waals surface area contributed by atoms with Gasteiger partial charge in [-0.05, 0) is 44.1 Å². The zero-order chi connectivity index (χ0) is 12.8. The first kappa shape index (κ1) is 13.5. The number of rotatable bonds is 7. The second kappa shape index (κ2) is 6.88. The summed E-state index contributed by atoms with van der Waals surface area (Å²) in [4.78, 5) is 0. The van der Waals surface area contributed by atoms with Crippen molar-refractivity contribution in [1.29, 1.82) is 0 Å². The monoisotopic (exact) mass is 248 g/mol. The van der Waals surface area contributed by atoms with Gasteiger partial charge in [-0.25, -0.2) is 0 Å². The summed E-state index contributed by atoms with van der Waals surface area (Å²) >= 11 is 0. The van der Waals surface area contributed by atoms with Gasteiger partial charge in [-0.1, -0.05) is 30.3 Å². The van der Waals surface area contributed by atoms with E-state index in [9.17, 15) is 0 Å². The molecule has 0 spiro atoms. The summed E-state index contributed by atoms with van der Waals surface area (Å²) in [5.74, 6) is 6.43. The van der Waals surface area contributed by atoms with E-state index in [0.717, 1.165) is 25.4 Å². The van der Waals surface area contributed by atoms with E-state index in [1.165, 1.54) is 18.4 Å². The van der Waals surface area contributed by atoms with Crippen LogP contribution in [0.15, 0.2) is 30.3 Å². The van der Waals surface area contributed by atoms with Crippen molar-refractivity contribution < 1.29 is 4.74 Å². The molecule has 1 aromatic rings. The molecule has 1 aliphatic carbocycles. The Bertz CT molecular complexity index is 336. The lowest BCUT2D eigenvalue weighted by Crippen LogP contribution is -2.42. The van der Waals surface area contributed by atoms with Gasteiger partial charge in [0.2, 0.25) is 0 Å². The molecule has 0 heterocycles. The Kier molecular flexibility index (Phi) is 5.17. The van der Waals surface area contributed by atoms with E-state index in [0.29, 0.717) is 12.1 Å². The summed E-state index contributed by atoms with van der Waals surface area (Å²) in [6.45, 7) is 2.90. The van der Waals surface area contributed by atoms with E-state index >= 15 is 0 Å². The molecule has 1 unspecified atom stereocenters. The summed E-state index contributed by atoms with van der Waals surface area (Å²) in [6, 6.07) is 10.9. The maximum absolute atomic E-state index is 5.66. The van der Waals surface area contributed by atoms with Crippen molar-refractivity contribution in [3.8, 4) is 0 Å². The third-order valence-electron chi connectivity index (χ3n) is 3.77. The maximum Gasteiger partial charge on any atom is 0.0580 e. The molecule has 0 bridgehead atoms. The molecule has 1 atom stereocenters. The van der Waals surface area contributed by atoms with Crippen LogP contribution in [-0.2, 0) is 11.2 Å². The van der Waals surface area contributed by atoms with Crippen molar-refractivity contribution in [2.75, 3.05) is 6.61 Å². The van der Waals surface area contributed by atoms with Crippen molar-refractivity contribution in [3.05, 3.63) is 35.9 Å². The van der Waals surface area contributed by atoms with E-state index in [1.807, 2.05) is 6.07 Å². The van der Waals surface area contributed by atoms with Gasteiger partial charge in [0.15, 0.2) is 0 Å². The quantitative estimate of drug-likeness (QED) is 0.575. The van der Waals surface area contributed by atoms with E-state index in [2.05, 4.69) is 36.6 Å². The minimum Gasteiger partial charge on any atom is -0.378 e. The number of nitrogens with two attached hydrogens (primary N) is 1. The molecule has 100 valence electrons. The lowest BCUT2D eigenvalue weighted by Gasteiger charge is -2.37. The van der Waals surface area contributed by atoms with E-state index in [4.69, 9.17) is 10.6 Å². The van der Waals surface area contributed by atoms with E-state index in [-0.39, 0.29) is 0 Å². The Labute approximate surface area is 110 Å². The third-order valence-corrected chi connectivity index (χ3v) is 3.77. The maximum atomic E-state index is 5.66. The number of hydrogen-bond donors (Lipinski definition) is 2. The van der Waals surface area contributed by atoms with Crippen molar-refractivity contribution in [3.63, 3.8) is 0 Å². The summed E-state index contributed by atoms with van der Waals surface area (Å²) in [6.07, 6.45) is 5.04. The normalized spacial score (nSPS) is 24.6. The van der Waals surface area contributed by atoms with E-state index in [1.54, 1.807) is 0 Å². The van der Waals surface area contributed by atoms with Crippen molar-refractivity contribution in [2.24, 2.45) is 11.8 Å². The van der Waals surface area contributed by atoms with Gasteiger partial charge in [-0.15, -0.1) is 0 Å². The molecule has 1 fully saturated rings. The molecule has 1 aliphatic rings.